The zero-order chi connectivity index (χ0) is 32.4. The van der Waals surface area contributed by atoms with Crippen molar-refractivity contribution in [1.29, 1.82) is 0 Å². The van der Waals surface area contributed by atoms with Gasteiger partial charge in [0.2, 0.25) is 5.91 Å². The number of ether oxygens (including phenoxy) is 3. The van der Waals surface area contributed by atoms with Crippen LogP contribution in [0.2, 0.25) is 0 Å². The van der Waals surface area contributed by atoms with Crippen molar-refractivity contribution < 1.29 is 29.2 Å². The summed E-state index contributed by atoms with van der Waals surface area (Å²) in [4.78, 5) is 14.9. The van der Waals surface area contributed by atoms with Crippen molar-refractivity contribution in [2.75, 3.05) is 19.7 Å². The molecule has 0 aromatic heterocycles. The number of morpholine rings is 1. The molecule has 8 aliphatic rings. The maximum atomic E-state index is 12.9. The molecule has 8 rings (SSSR count). The monoisotopic (exact) mass is 642 g/mol. The molecular formula is C38H62N2O6. The van der Waals surface area contributed by atoms with Crippen LogP contribution in [0.5, 0.6) is 0 Å². The summed E-state index contributed by atoms with van der Waals surface area (Å²) in [6.07, 6.45) is 11.4. The molecule has 6 saturated carbocycles. The number of amides is 1. The first-order valence-electron chi connectivity index (χ1n) is 19.2. The first-order chi connectivity index (χ1) is 21.8. The maximum absolute atomic E-state index is 12.9. The Morgan fingerprint density at radius 3 is 2.54 bits per heavy atom. The van der Waals surface area contributed by atoms with Gasteiger partial charge in [0.15, 0.2) is 6.29 Å². The van der Waals surface area contributed by atoms with Crippen molar-refractivity contribution in [3.63, 3.8) is 0 Å². The first-order valence-corrected chi connectivity index (χ1v) is 19.2. The van der Waals surface area contributed by atoms with Gasteiger partial charge in [-0.1, -0.05) is 41.0 Å². The van der Waals surface area contributed by atoms with Gasteiger partial charge in [-0.2, -0.15) is 0 Å². The van der Waals surface area contributed by atoms with Crippen LogP contribution in [0.4, 0.5) is 0 Å². The van der Waals surface area contributed by atoms with E-state index in [2.05, 4.69) is 34.6 Å². The second kappa shape index (κ2) is 10.9. The van der Waals surface area contributed by atoms with E-state index < -0.39 is 17.7 Å². The fourth-order valence-electron chi connectivity index (χ4n) is 13.7. The number of carbonyl (C=O) groups is 1. The molecule has 8 fully saturated rings. The quantitative estimate of drug-likeness (QED) is 0.357. The molecule has 8 nitrogen and oxygen atoms in total. The van der Waals surface area contributed by atoms with Crippen LogP contribution >= 0.6 is 0 Å². The lowest BCUT2D eigenvalue weighted by molar-refractivity contribution is -0.245. The van der Waals surface area contributed by atoms with Crippen molar-refractivity contribution in [2.45, 2.75) is 160 Å². The zero-order valence-electron chi connectivity index (χ0n) is 29.2. The lowest BCUT2D eigenvalue weighted by Crippen LogP contribution is -2.70. The molecule has 0 aromatic rings. The van der Waals surface area contributed by atoms with Gasteiger partial charge in [0, 0.05) is 13.0 Å². The molecule has 0 radical (unpaired) electrons. The first kappa shape index (κ1) is 32.4. The van der Waals surface area contributed by atoms with E-state index in [9.17, 15) is 15.0 Å². The Balaban J connectivity index is 1.00. The van der Waals surface area contributed by atoms with Crippen molar-refractivity contribution in [3.8, 4) is 0 Å². The molecule has 0 aromatic carbocycles. The molecule has 6 aliphatic carbocycles. The second-order valence-corrected chi connectivity index (χ2v) is 18.5. The molecule has 2 saturated heterocycles. The lowest BCUT2D eigenvalue weighted by atomic mass is 9.43. The van der Waals surface area contributed by atoms with Gasteiger partial charge in [0.05, 0.1) is 49.2 Å². The highest BCUT2D eigenvalue weighted by Crippen LogP contribution is 2.87. The number of rotatable bonds is 7. The van der Waals surface area contributed by atoms with Gasteiger partial charge in [0.1, 0.15) is 0 Å². The Hall–Kier alpha value is -0.770. The van der Waals surface area contributed by atoms with Crippen LogP contribution in [0.1, 0.15) is 118 Å². The van der Waals surface area contributed by atoms with Crippen LogP contribution in [-0.2, 0) is 19.0 Å². The van der Waals surface area contributed by atoms with E-state index in [1.807, 2.05) is 4.90 Å². The Kier molecular flexibility index (Phi) is 7.66. The lowest BCUT2D eigenvalue weighted by Gasteiger charge is -2.63. The average molecular weight is 643 g/mol. The van der Waals surface area contributed by atoms with E-state index in [-0.39, 0.29) is 64.0 Å². The summed E-state index contributed by atoms with van der Waals surface area (Å²) in [7, 11) is 0. The minimum atomic E-state index is -0.709. The predicted octanol–water partition coefficient (Wildman–Crippen LogP) is 5.02. The molecular weight excluding hydrogens is 580 g/mol. The average Bonchev–Trinajstić information content (AvgIpc) is 3.94. The Labute approximate surface area is 276 Å². The third kappa shape index (κ3) is 4.34. The topological polar surface area (TPSA) is 114 Å². The van der Waals surface area contributed by atoms with Crippen LogP contribution in [0, 0.1) is 51.2 Å². The van der Waals surface area contributed by atoms with Crippen LogP contribution in [-0.4, -0.2) is 83.1 Å². The Bertz CT molecular complexity index is 1210. The summed E-state index contributed by atoms with van der Waals surface area (Å²) >= 11 is 0. The molecule has 14 unspecified atom stereocenters. The number of aliphatic hydroxyl groups is 2. The van der Waals surface area contributed by atoms with E-state index in [1.54, 1.807) is 0 Å². The summed E-state index contributed by atoms with van der Waals surface area (Å²) in [6.45, 7) is 13.4. The standard InChI is InChI=1S/C38H62N2O6/c1-6-7-24(41)25-18-22(2)31-32(45-25)33(43)38(39)27-11-10-26-34(3,4)28(12-13-36(26)21-37(27,36)15-14-35(31,38)5)46-30-20-40(16-17-44-30)29(42)19-23-8-9-23/h22-28,30-33,41,43H,6-21,39H2,1-5H3. The Morgan fingerprint density at radius 2 is 1.80 bits per heavy atom. The smallest absolute Gasteiger partial charge is 0.223 e. The van der Waals surface area contributed by atoms with Crippen molar-refractivity contribution in [2.24, 2.45) is 57.0 Å². The number of fused-ring (bicyclic) bond motifs is 4. The summed E-state index contributed by atoms with van der Waals surface area (Å²) in [6, 6.07) is 0. The van der Waals surface area contributed by atoms with Crippen molar-refractivity contribution >= 4 is 5.91 Å². The SMILES string of the molecule is CCCC(O)C1CC(C)C2C(O1)C(O)C1(N)C3CCC4C(C)(C)C(OC5CN(C(=O)CC6CC6)CCO5)CCC45CC35CCC21C. The van der Waals surface area contributed by atoms with Gasteiger partial charge < -0.3 is 35.1 Å². The number of hydrogen-bond acceptors (Lipinski definition) is 7. The fraction of sp³-hybridized carbons (Fsp3) is 0.974. The van der Waals surface area contributed by atoms with Gasteiger partial charge in [-0.05, 0) is 122 Å². The molecule has 2 heterocycles. The molecule has 14 atom stereocenters. The largest absolute Gasteiger partial charge is 0.390 e. The maximum Gasteiger partial charge on any atom is 0.223 e. The summed E-state index contributed by atoms with van der Waals surface area (Å²) in [5, 5.41) is 23.2. The summed E-state index contributed by atoms with van der Waals surface area (Å²) in [5.74, 6) is 2.26. The molecule has 2 aliphatic heterocycles. The molecule has 2 spiro atoms. The minimum absolute atomic E-state index is 0.0125. The Morgan fingerprint density at radius 1 is 1.07 bits per heavy atom. The number of nitrogens with zero attached hydrogens (tertiary/aromatic N) is 1. The van der Waals surface area contributed by atoms with Crippen LogP contribution in [0.3, 0.4) is 0 Å². The van der Waals surface area contributed by atoms with E-state index in [0.717, 1.165) is 51.4 Å². The van der Waals surface area contributed by atoms with Gasteiger partial charge in [-0.25, -0.2) is 0 Å². The minimum Gasteiger partial charge on any atom is -0.390 e. The fourth-order valence-corrected chi connectivity index (χ4v) is 13.7. The van der Waals surface area contributed by atoms with Crippen LogP contribution in [0.25, 0.3) is 0 Å². The molecule has 8 heteroatoms. The highest BCUT2D eigenvalue weighted by atomic mass is 16.7. The predicted molar refractivity (Wildman–Crippen MR) is 174 cm³/mol. The number of aliphatic hydroxyl groups excluding tert-OH is 2. The van der Waals surface area contributed by atoms with E-state index in [4.69, 9.17) is 19.9 Å². The number of nitrogens with two attached hydrogens (primary N) is 1. The highest BCUT2D eigenvalue weighted by Gasteiger charge is 2.85. The highest BCUT2D eigenvalue weighted by molar-refractivity contribution is 5.76. The van der Waals surface area contributed by atoms with Gasteiger partial charge >= 0.3 is 0 Å². The van der Waals surface area contributed by atoms with Crippen molar-refractivity contribution in [3.05, 3.63) is 0 Å². The third-order valence-corrected chi connectivity index (χ3v) is 16.1. The van der Waals surface area contributed by atoms with Gasteiger partial charge in [-0.3, -0.25) is 4.79 Å². The number of hydrogen-bond donors (Lipinski definition) is 3. The molecule has 4 N–H and O–H groups in total. The number of carbonyl (C=O) groups excluding carboxylic acids is 1. The molecule has 1 amide bonds. The zero-order valence-corrected chi connectivity index (χ0v) is 29.2. The van der Waals surface area contributed by atoms with E-state index in [0.29, 0.717) is 43.9 Å². The summed E-state index contributed by atoms with van der Waals surface area (Å²) in [5.41, 5.74) is 7.31. The van der Waals surface area contributed by atoms with Gasteiger partial charge in [-0.15, -0.1) is 0 Å². The van der Waals surface area contributed by atoms with Gasteiger partial charge in [0.25, 0.3) is 0 Å². The molecule has 260 valence electrons. The molecule has 0 bridgehead atoms. The van der Waals surface area contributed by atoms with E-state index >= 15 is 0 Å². The van der Waals surface area contributed by atoms with Crippen LogP contribution in [0.15, 0.2) is 0 Å². The van der Waals surface area contributed by atoms with E-state index in [1.165, 1.54) is 25.7 Å². The second-order valence-electron chi connectivity index (χ2n) is 18.5. The van der Waals surface area contributed by atoms with Crippen LogP contribution < -0.4 is 5.73 Å². The normalized spacial score (nSPS) is 52.9. The summed E-state index contributed by atoms with van der Waals surface area (Å²) < 4.78 is 19.6. The van der Waals surface area contributed by atoms with Crippen molar-refractivity contribution in [1.82, 2.24) is 4.90 Å². The third-order valence-electron chi connectivity index (χ3n) is 16.1. The molecule has 46 heavy (non-hydrogen) atoms.